The molecule has 3 aromatic heterocycles. The molecule has 0 aliphatic carbocycles. The molecule has 0 radical (unpaired) electrons. The van der Waals surface area contributed by atoms with E-state index >= 15 is 0 Å². The van der Waals surface area contributed by atoms with Crippen molar-refractivity contribution in [1.29, 1.82) is 0 Å². The largest absolute Gasteiger partial charge is 0.435 e. The van der Waals surface area contributed by atoms with Gasteiger partial charge >= 0.3 is 0 Å². The van der Waals surface area contributed by atoms with Gasteiger partial charge in [-0.3, -0.25) is 4.98 Å². The molecular formula is C46H30N4O. The van der Waals surface area contributed by atoms with Crippen LogP contribution in [0.3, 0.4) is 0 Å². The molecular weight excluding hydrogens is 625 g/mol. The zero-order valence-electron chi connectivity index (χ0n) is 27.5. The van der Waals surface area contributed by atoms with Crippen LogP contribution in [0, 0.1) is 0 Å². The van der Waals surface area contributed by atoms with Gasteiger partial charge in [0.15, 0.2) is 11.4 Å². The fourth-order valence-electron chi connectivity index (χ4n) is 6.46. The van der Waals surface area contributed by atoms with Gasteiger partial charge in [0.05, 0.1) is 5.69 Å². The summed E-state index contributed by atoms with van der Waals surface area (Å²) in [6.45, 7) is 0. The lowest BCUT2D eigenvalue weighted by Crippen LogP contribution is -1.95. The summed E-state index contributed by atoms with van der Waals surface area (Å²) in [4.78, 5) is 19.5. The highest BCUT2D eigenvalue weighted by molar-refractivity contribution is 5.97. The quantitative estimate of drug-likeness (QED) is 0.171. The van der Waals surface area contributed by atoms with Gasteiger partial charge in [0, 0.05) is 34.6 Å². The third-order valence-corrected chi connectivity index (χ3v) is 9.01. The lowest BCUT2D eigenvalue weighted by atomic mass is 9.94. The zero-order valence-corrected chi connectivity index (χ0v) is 27.5. The van der Waals surface area contributed by atoms with Crippen LogP contribution in [0.4, 0.5) is 0 Å². The fourth-order valence-corrected chi connectivity index (χ4v) is 6.46. The Morgan fingerprint density at radius 2 is 0.941 bits per heavy atom. The molecule has 0 N–H and O–H groups in total. The minimum Gasteiger partial charge on any atom is -0.435 e. The first-order chi connectivity index (χ1) is 25.2. The van der Waals surface area contributed by atoms with Gasteiger partial charge in [-0.1, -0.05) is 133 Å². The third-order valence-electron chi connectivity index (χ3n) is 9.01. The maximum atomic E-state index is 6.68. The van der Waals surface area contributed by atoms with E-state index in [4.69, 9.17) is 19.4 Å². The lowest BCUT2D eigenvalue weighted by Gasteiger charge is -2.10. The van der Waals surface area contributed by atoms with Gasteiger partial charge in [0.2, 0.25) is 5.89 Å². The molecule has 0 fully saturated rings. The van der Waals surface area contributed by atoms with Crippen molar-refractivity contribution in [1.82, 2.24) is 19.9 Å². The Bertz CT molecular complexity index is 2560. The van der Waals surface area contributed by atoms with E-state index < -0.39 is 0 Å². The summed E-state index contributed by atoms with van der Waals surface area (Å²) in [6.07, 6.45) is 3.68. The number of nitrogens with zero attached hydrogens (tertiary/aromatic N) is 4. The van der Waals surface area contributed by atoms with E-state index in [1.165, 1.54) is 0 Å². The van der Waals surface area contributed by atoms with E-state index in [9.17, 15) is 0 Å². The van der Waals surface area contributed by atoms with Crippen LogP contribution in [-0.4, -0.2) is 19.9 Å². The van der Waals surface area contributed by atoms with Crippen molar-refractivity contribution >= 4 is 11.1 Å². The molecule has 240 valence electrons. The Balaban J connectivity index is 1.24. The minimum absolute atomic E-state index is 0.434. The molecule has 9 aromatic rings. The molecule has 9 rings (SSSR count). The number of benzene rings is 6. The summed E-state index contributed by atoms with van der Waals surface area (Å²) in [5, 5.41) is 0. The number of aromatic nitrogens is 4. The molecule has 3 heterocycles. The second kappa shape index (κ2) is 13.1. The average molecular weight is 655 g/mol. The number of fused-ring (bicyclic) bond motifs is 1. The molecule has 0 saturated heterocycles. The summed E-state index contributed by atoms with van der Waals surface area (Å²) in [5.41, 5.74) is 13.3. The first kappa shape index (κ1) is 30.1. The molecule has 5 nitrogen and oxygen atoms in total. The van der Waals surface area contributed by atoms with Gasteiger partial charge < -0.3 is 4.42 Å². The maximum Gasteiger partial charge on any atom is 0.246 e. The van der Waals surface area contributed by atoms with Crippen molar-refractivity contribution < 1.29 is 4.42 Å². The van der Waals surface area contributed by atoms with Gasteiger partial charge in [0.1, 0.15) is 11.2 Å². The Hall–Kier alpha value is -6.98. The van der Waals surface area contributed by atoms with Gasteiger partial charge in [-0.15, -0.1) is 0 Å². The third kappa shape index (κ3) is 6.09. The van der Waals surface area contributed by atoms with Crippen LogP contribution < -0.4 is 0 Å². The Morgan fingerprint density at radius 1 is 0.373 bits per heavy atom. The molecule has 0 atom stereocenters. The molecule has 0 aliphatic heterocycles. The highest BCUT2D eigenvalue weighted by atomic mass is 16.3. The fraction of sp³-hybridized carbons (Fsp3) is 0. The van der Waals surface area contributed by atoms with Crippen LogP contribution in [0.25, 0.3) is 89.8 Å². The summed E-state index contributed by atoms with van der Waals surface area (Å²) in [6, 6.07) is 58.0. The second-order valence-electron chi connectivity index (χ2n) is 12.4. The monoisotopic (exact) mass is 654 g/mol. The maximum absolute atomic E-state index is 6.68. The SMILES string of the molecule is c1ccc(-c2cccc(-c3cc(-c4cccc(-c5cccnc5)c4)cc4oc(-c5cc(-c6ccccc6)nc(-c6ccccc6)n5)nc34)c2)cc1. The molecule has 0 unspecified atom stereocenters. The van der Waals surface area contributed by atoms with Crippen molar-refractivity contribution in [3.05, 3.63) is 182 Å². The number of hydrogen-bond donors (Lipinski definition) is 0. The first-order valence-corrected chi connectivity index (χ1v) is 16.9. The molecule has 5 heteroatoms. The Kier molecular flexibility index (Phi) is 7.76. The predicted molar refractivity (Wildman–Crippen MR) is 205 cm³/mol. The van der Waals surface area contributed by atoms with Crippen LogP contribution in [0.15, 0.2) is 187 Å². The number of oxazole rings is 1. The first-order valence-electron chi connectivity index (χ1n) is 16.9. The van der Waals surface area contributed by atoms with Gasteiger partial charge in [-0.2, -0.15) is 0 Å². The average Bonchev–Trinajstić information content (AvgIpc) is 3.66. The Labute approximate surface area is 295 Å². The minimum atomic E-state index is 0.434. The topological polar surface area (TPSA) is 64.7 Å². The van der Waals surface area contributed by atoms with Crippen LogP contribution in [0.5, 0.6) is 0 Å². The molecule has 51 heavy (non-hydrogen) atoms. The van der Waals surface area contributed by atoms with E-state index in [2.05, 4.69) is 108 Å². The molecule has 0 spiro atoms. The zero-order chi connectivity index (χ0) is 34.0. The highest BCUT2D eigenvalue weighted by Crippen LogP contribution is 2.39. The second-order valence-corrected chi connectivity index (χ2v) is 12.4. The normalized spacial score (nSPS) is 11.1. The van der Waals surface area contributed by atoms with E-state index in [1.807, 2.05) is 72.9 Å². The summed E-state index contributed by atoms with van der Waals surface area (Å²) in [5.74, 6) is 1.04. The summed E-state index contributed by atoms with van der Waals surface area (Å²) < 4.78 is 6.68. The number of pyridine rings is 1. The van der Waals surface area contributed by atoms with Crippen LogP contribution >= 0.6 is 0 Å². The summed E-state index contributed by atoms with van der Waals surface area (Å²) >= 11 is 0. The van der Waals surface area contributed by atoms with Crippen molar-refractivity contribution in [2.75, 3.05) is 0 Å². The van der Waals surface area contributed by atoms with Crippen molar-refractivity contribution in [3.63, 3.8) is 0 Å². The van der Waals surface area contributed by atoms with Crippen molar-refractivity contribution in [2.24, 2.45) is 0 Å². The molecule has 0 saturated carbocycles. The molecule has 0 aliphatic rings. The summed E-state index contributed by atoms with van der Waals surface area (Å²) in [7, 11) is 0. The van der Waals surface area contributed by atoms with Crippen LogP contribution in [-0.2, 0) is 0 Å². The van der Waals surface area contributed by atoms with E-state index in [-0.39, 0.29) is 0 Å². The number of rotatable bonds is 7. The van der Waals surface area contributed by atoms with E-state index in [0.29, 0.717) is 23.0 Å². The lowest BCUT2D eigenvalue weighted by molar-refractivity contribution is 0.617. The predicted octanol–water partition coefficient (Wildman–Crippen LogP) is 11.7. The van der Waals surface area contributed by atoms with Crippen molar-refractivity contribution in [3.8, 4) is 78.7 Å². The van der Waals surface area contributed by atoms with Gasteiger partial charge in [-0.25, -0.2) is 15.0 Å². The standard InChI is InChI=1S/C46H30N4O/c1-4-13-31(14-5-1)34-19-11-22-37(26-34)40-27-39(36-21-10-20-35(25-36)38-23-12-24-47-30-38)28-43-44(40)50-46(51-43)42-29-41(32-15-6-2-7-16-32)48-45(49-42)33-17-8-3-9-18-33/h1-30H. The Morgan fingerprint density at radius 3 is 1.65 bits per heavy atom. The molecule has 0 bridgehead atoms. The van der Waals surface area contributed by atoms with E-state index in [1.54, 1.807) is 6.20 Å². The van der Waals surface area contributed by atoms with Gasteiger partial charge in [0.25, 0.3) is 0 Å². The number of hydrogen-bond acceptors (Lipinski definition) is 5. The highest BCUT2D eigenvalue weighted by Gasteiger charge is 2.19. The van der Waals surface area contributed by atoms with E-state index in [0.717, 1.165) is 66.8 Å². The van der Waals surface area contributed by atoms with Gasteiger partial charge in [-0.05, 0) is 69.8 Å². The van der Waals surface area contributed by atoms with Crippen LogP contribution in [0.1, 0.15) is 0 Å². The molecule has 0 amide bonds. The van der Waals surface area contributed by atoms with Crippen molar-refractivity contribution in [2.45, 2.75) is 0 Å². The smallest absolute Gasteiger partial charge is 0.246 e. The van der Waals surface area contributed by atoms with Crippen LogP contribution in [0.2, 0.25) is 0 Å². The molecule has 6 aromatic carbocycles.